The molecule has 0 aromatic heterocycles. The predicted molar refractivity (Wildman–Crippen MR) is 64.8 cm³/mol. The van der Waals surface area contributed by atoms with E-state index in [1.54, 1.807) is 6.07 Å². The van der Waals surface area contributed by atoms with Crippen LogP contribution in [0.15, 0.2) is 18.2 Å². The molecule has 0 fully saturated rings. The van der Waals surface area contributed by atoms with Crippen LogP contribution in [-0.2, 0) is 6.42 Å². The molecule has 3 nitrogen and oxygen atoms in total. The molecule has 1 aromatic carbocycles. The van der Waals surface area contributed by atoms with Crippen molar-refractivity contribution in [2.24, 2.45) is 0 Å². The molecule has 0 amide bonds. The highest BCUT2D eigenvalue weighted by Crippen LogP contribution is 2.24. The van der Waals surface area contributed by atoms with Gasteiger partial charge in [0.2, 0.25) is 0 Å². The quantitative estimate of drug-likeness (QED) is 0.479. The zero-order valence-corrected chi connectivity index (χ0v) is 10.6. The van der Waals surface area contributed by atoms with Gasteiger partial charge in [-0.05, 0) is 18.4 Å². The van der Waals surface area contributed by atoms with Crippen molar-refractivity contribution in [3.63, 3.8) is 0 Å². The fraction of sp³-hybridized carbons (Fsp3) is 0.400. The Bertz CT molecular complexity index is 368. The highest BCUT2D eigenvalue weighted by molar-refractivity contribution is 9.09. The van der Waals surface area contributed by atoms with Crippen molar-refractivity contribution >= 4 is 33.2 Å². The molecule has 0 spiro atoms. The SMILES string of the molecule is CC(Br)CCc1ccc([N+](=O)[O-])cc1Cl. The number of aryl methyl sites for hydroxylation is 1. The van der Waals surface area contributed by atoms with Gasteiger partial charge in [0.1, 0.15) is 0 Å². The van der Waals surface area contributed by atoms with Crippen molar-refractivity contribution in [2.45, 2.75) is 24.6 Å². The molecular formula is C10H11BrClNO2. The Kier molecular flexibility index (Phi) is 4.54. The highest BCUT2D eigenvalue weighted by atomic mass is 79.9. The summed E-state index contributed by atoms with van der Waals surface area (Å²) in [6, 6.07) is 4.60. The molecule has 15 heavy (non-hydrogen) atoms. The lowest BCUT2D eigenvalue weighted by atomic mass is 10.1. The minimum atomic E-state index is -0.442. The Labute approximate surface area is 102 Å². The molecule has 82 valence electrons. The number of halogens is 2. The van der Waals surface area contributed by atoms with Crippen molar-refractivity contribution in [1.29, 1.82) is 0 Å². The first kappa shape index (κ1) is 12.5. The van der Waals surface area contributed by atoms with E-state index in [2.05, 4.69) is 22.9 Å². The monoisotopic (exact) mass is 291 g/mol. The summed E-state index contributed by atoms with van der Waals surface area (Å²) < 4.78 is 0. The van der Waals surface area contributed by atoms with Gasteiger partial charge < -0.3 is 0 Å². The molecule has 0 aliphatic carbocycles. The van der Waals surface area contributed by atoms with Crippen LogP contribution in [0.25, 0.3) is 0 Å². The number of nitro benzene ring substituents is 1. The molecule has 5 heteroatoms. The van der Waals surface area contributed by atoms with Crippen molar-refractivity contribution in [3.8, 4) is 0 Å². The normalized spacial score (nSPS) is 12.5. The number of rotatable bonds is 4. The molecule has 0 radical (unpaired) electrons. The van der Waals surface area contributed by atoms with E-state index in [1.165, 1.54) is 12.1 Å². The third-order valence-corrected chi connectivity index (χ3v) is 2.87. The average molecular weight is 293 g/mol. The fourth-order valence-corrected chi connectivity index (χ4v) is 1.71. The van der Waals surface area contributed by atoms with Gasteiger partial charge in [0.25, 0.3) is 5.69 Å². The van der Waals surface area contributed by atoms with Gasteiger partial charge in [-0.3, -0.25) is 10.1 Å². The van der Waals surface area contributed by atoms with E-state index in [1.807, 2.05) is 0 Å². The third kappa shape index (κ3) is 3.80. The summed E-state index contributed by atoms with van der Waals surface area (Å²) in [7, 11) is 0. The molecule has 0 aliphatic heterocycles. The van der Waals surface area contributed by atoms with Gasteiger partial charge in [-0.15, -0.1) is 0 Å². The number of benzene rings is 1. The summed E-state index contributed by atoms with van der Waals surface area (Å²) in [6.45, 7) is 2.05. The van der Waals surface area contributed by atoms with Crippen molar-refractivity contribution in [1.82, 2.24) is 0 Å². The summed E-state index contributed by atoms with van der Waals surface area (Å²) in [5.41, 5.74) is 0.990. The van der Waals surface area contributed by atoms with Crippen LogP contribution in [0, 0.1) is 10.1 Å². The molecule has 1 atom stereocenters. The molecule has 1 unspecified atom stereocenters. The average Bonchev–Trinajstić information content (AvgIpc) is 2.15. The first-order valence-electron chi connectivity index (χ1n) is 4.57. The Morgan fingerprint density at radius 2 is 2.27 bits per heavy atom. The second-order valence-electron chi connectivity index (χ2n) is 3.35. The van der Waals surface area contributed by atoms with Crippen LogP contribution in [0.4, 0.5) is 5.69 Å². The van der Waals surface area contributed by atoms with Gasteiger partial charge in [0.05, 0.1) is 9.95 Å². The Hall–Kier alpha value is -0.610. The van der Waals surface area contributed by atoms with Crippen LogP contribution in [-0.4, -0.2) is 9.75 Å². The maximum absolute atomic E-state index is 10.5. The van der Waals surface area contributed by atoms with Gasteiger partial charge in [0.15, 0.2) is 0 Å². The number of nitro groups is 1. The van der Waals surface area contributed by atoms with Crippen LogP contribution in [0.5, 0.6) is 0 Å². The number of hydrogen-bond acceptors (Lipinski definition) is 2. The first-order valence-corrected chi connectivity index (χ1v) is 5.87. The van der Waals surface area contributed by atoms with Gasteiger partial charge in [0, 0.05) is 17.0 Å². The molecule has 0 saturated heterocycles. The molecule has 0 heterocycles. The summed E-state index contributed by atoms with van der Waals surface area (Å²) in [5.74, 6) is 0. The van der Waals surface area contributed by atoms with E-state index < -0.39 is 4.92 Å². The second kappa shape index (κ2) is 5.47. The summed E-state index contributed by atoms with van der Waals surface area (Å²) >= 11 is 9.38. The van der Waals surface area contributed by atoms with Crippen molar-refractivity contribution in [3.05, 3.63) is 38.9 Å². The number of hydrogen-bond donors (Lipinski definition) is 0. The largest absolute Gasteiger partial charge is 0.270 e. The van der Waals surface area contributed by atoms with Gasteiger partial charge in [-0.25, -0.2) is 0 Å². The maximum Gasteiger partial charge on any atom is 0.270 e. The number of nitrogens with zero attached hydrogens (tertiary/aromatic N) is 1. The highest BCUT2D eigenvalue weighted by Gasteiger charge is 2.09. The van der Waals surface area contributed by atoms with Crippen molar-refractivity contribution < 1.29 is 4.92 Å². The van der Waals surface area contributed by atoms with E-state index in [9.17, 15) is 10.1 Å². The molecule has 0 N–H and O–H groups in total. The smallest absolute Gasteiger partial charge is 0.258 e. The van der Waals surface area contributed by atoms with Gasteiger partial charge in [-0.2, -0.15) is 0 Å². The molecular weight excluding hydrogens is 281 g/mol. The van der Waals surface area contributed by atoms with Crippen LogP contribution in [0.2, 0.25) is 5.02 Å². The Morgan fingerprint density at radius 1 is 1.60 bits per heavy atom. The number of alkyl halides is 1. The van der Waals surface area contributed by atoms with E-state index in [0.29, 0.717) is 9.85 Å². The zero-order valence-electron chi connectivity index (χ0n) is 8.24. The van der Waals surface area contributed by atoms with Gasteiger partial charge >= 0.3 is 0 Å². The van der Waals surface area contributed by atoms with Crippen molar-refractivity contribution in [2.75, 3.05) is 0 Å². The summed E-state index contributed by atoms with van der Waals surface area (Å²) in [4.78, 5) is 10.4. The molecule has 0 bridgehead atoms. The standard InChI is InChI=1S/C10H11BrClNO2/c1-7(11)2-3-8-4-5-9(13(14)15)6-10(8)12/h4-7H,2-3H2,1H3. The Balaban J connectivity index is 2.79. The molecule has 0 saturated carbocycles. The first-order chi connectivity index (χ1) is 7.00. The summed E-state index contributed by atoms with van der Waals surface area (Å²) in [5, 5.41) is 10.9. The van der Waals surface area contributed by atoms with Gasteiger partial charge in [-0.1, -0.05) is 40.5 Å². The lowest BCUT2D eigenvalue weighted by Crippen LogP contribution is -1.96. The van der Waals surface area contributed by atoms with E-state index >= 15 is 0 Å². The summed E-state index contributed by atoms with van der Waals surface area (Å²) in [6.07, 6.45) is 1.78. The fourth-order valence-electron chi connectivity index (χ4n) is 1.21. The molecule has 1 aromatic rings. The van der Waals surface area contributed by atoms with E-state index in [0.717, 1.165) is 18.4 Å². The zero-order chi connectivity index (χ0) is 11.4. The molecule has 1 rings (SSSR count). The van der Waals surface area contributed by atoms with Crippen LogP contribution < -0.4 is 0 Å². The van der Waals surface area contributed by atoms with E-state index in [-0.39, 0.29) is 5.69 Å². The Morgan fingerprint density at radius 3 is 2.73 bits per heavy atom. The van der Waals surface area contributed by atoms with E-state index in [4.69, 9.17) is 11.6 Å². The van der Waals surface area contributed by atoms with Crippen LogP contribution in [0.3, 0.4) is 0 Å². The maximum atomic E-state index is 10.5. The van der Waals surface area contributed by atoms with Crippen LogP contribution >= 0.6 is 27.5 Å². The third-order valence-electron chi connectivity index (χ3n) is 2.06. The minimum Gasteiger partial charge on any atom is -0.258 e. The lowest BCUT2D eigenvalue weighted by Gasteiger charge is -2.05. The topological polar surface area (TPSA) is 43.1 Å². The lowest BCUT2D eigenvalue weighted by molar-refractivity contribution is -0.384. The van der Waals surface area contributed by atoms with Crippen LogP contribution in [0.1, 0.15) is 18.9 Å². The molecule has 0 aliphatic rings. The predicted octanol–water partition coefficient (Wildman–Crippen LogP) is 3.96. The minimum absolute atomic E-state index is 0.0376. The number of non-ortho nitro benzene ring substituents is 1. The second-order valence-corrected chi connectivity index (χ2v) is 5.32.